The maximum atomic E-state index is 12.1. The van der Waals surface area contributed by atoms with Gasteiger partial charge in [0.15, 0.2) is 6.10 Å². The third kappa shape index (κ3) is 4.49. The van der Waals surface area contributed by atoms with E-state index in [9.17, 15) is 18.0 Å². The van der Waals surface area contributed by atoms with Crippen molar-refractivity contribution in [3.05, 3.63) is 21.4 Å². The minimum absolute atomic E-state index is 0.389. The topological polar surface area (TPSA) is 49.3 Å². The number of nitrogens with one attached hydrogen (secondary N) is 1. The smallest absolute Gasteiger partial charge is 0.382 e. The second-order valence-corrected chi connectivity index (χ2v) is 5.57. The number of aryl methyl sites for hydroxylation is 2. The fourth-order valence-corrected chi connectivity index (χ4v) is 2.98. The van der Waals surface area contributed by atoms with Crippen LogP contribution < -0.4 is 5.32 Å². The Morgan fingerprint density at radius 1 is 1.45 bits per heavy atom. The Hall–Kier alpha value is -1.08. The van der Waals surface area contributed by atoms with Gasteiger partial charge in [0.05, 0.1) is 11.4 Å². The number of hydrogen-bond donors (Lipinski definition) is 2. The summed E-state index contributed by atoms with van der Waals surface area (Å²) >= 11 is 1.30. The zero-order valence-electron chi connectivity index (χ0n) is 11.4. The van der Waals surface area contributed by atoms with E-state index in [4.69, 9.17) is 5.11 Å². The first-order valence-electron chi connectivity index (χ1n) is 6.44. The van der Waals surface area contributed by atoms with Crippen molar-refractivity contribution >= 4 is 17.2 Å². The molecule has 0 bridgehead atoms. The van der Waals surface area contributed by atoms with E-state index in [1.54, 1.807) is 6.07 Å². The molecule has 0 spiro atoms. The zero-order chi connectivity index (χ0) is 15.3. The standard InChI is InChI=1S/C13H18F3NO2S/c1-3-5-9-8(4-2)6-10(20-9)12(19)17-7-11(18)13(14,15)16/h6,11,18H,3-5,7H2,1-2H3,(H,17,19). The molecule has 20 heavy (non-hydrogen) atoms. The van der Waals surface area contributed by atoms with Gasteiger partial charge >= 0.3 is 6.18 Å². The molecule has 0 radical (unpaired) electrons. The van der Waals surface area contributed by atoms with Crippen LogP contribution in [0, 0.1) is 0 Å². The fraction of sp³-hybridized carbons (Fsp3) is 0.615. The predicted octanol–water partition coefficient (Wildman–Crippen LogP) is 2.92. The third-order valence-electron chi connectivity index (χ3n) is 2.81. The molecule has 1 atom stereocenters. The molecule has 0 aromatic carbocycles. The highest BCUT2D eigenvalue weighted by Gasteiger charge is 2.38. The monoisotopic (exact) mass is 309 g/mol. The van der Waals surface area contributed by atoms with Gasteiger partial charge < -0.3 is 10.4 Å². The molecular weight excluding hydrogens is 291 g/mol. The van der Waals surface area contributed by atoms with Crippen molar-refractivity contribution in [2.75, 3.05) is 6.54 Å². The Labute approximate surface area is 119 Å². The van der Waals surface area contributed by atoms with Crippen LogP contribution in [-0.2, 0) is 12.8 Å². The Balaban J connectivity index is 2.68. The fourth-order valence-electron chi connectivity index (χ4n) is 1.71. The summed E-state index contributed by atoms with van der Waals surface area (Å²) in [7, 11) is 0. The molecular formula is C13H18F3NO2S. The van der Waals surface area contributed by atoms with Crippen molar-refractivity contribution in [1.82, 2.24) is 5.32 Å². The molecule has 2 N–H and O–H groups in total. The van der Waals surface area contributed by atoms with Gasteiger partial charge in [-0.2, -0.15) is 13.2 Å². The molecule has 0 aliphatic heterocycles. The van der Waals surface area contributed by atoms with Gasteiger partial charge in [0.1, 0.15) is 0 Å². The number of aliphatic hydroxyl groups excluding tert-OH is 1. The van der Waals surface area contributed by atoms with Gasteiger partial charge in [-0.3, -0.25) is 4.79 Å². The number of carbonyl (C=O) groups excluding carboxylic acids is 1. The van der Waals surface area contributed by atoms with Gasteiger partial charge in [0.25, 0.3) is 5.91 Å². The van der Waals surface area contributed by atoms with E-state index in [-0.39, 0.29) is 0 Å². The Bertz CT molecular complexity index is 457. The molecule has 1 heterocycles. The van der Waals surface area contributed by atoms with Crippen molar-refractivity contribution in [3.8, 4) is 0 Å². The number of halogens is 3. The summed E-state index contributed by atoms with van der Waals surface area (Å²) in [5, 5.41) is 10.9. The van der Waals surface area contributed by atoms with Gasteiger partial charge in [0.2, 0.25) is 0 Å². The summed E-state index contributed by atoms with van der Waals surface area (Å²) in [5.74, 6) is -0.574. The second-order valence-electron chi connectivity index (χ2n) is 4.43. The van der Waals surface area contributed by atoms with Crippen LogP contribution in [0.4, 0.5) is 13.2 Å². The molecule has 1 amide bonds. The molecule has 114 valence electrons. The van der Waals surface area contributed by atoms with E-state index in [2.05, 4.69) is 5.32 Å². The summed E-state index contributed by atoms with van der Waals surface area (Å²) in [5.41, 5.74) is 1.05. The van der Waals surface area contributed by atoms with E-state index in [1.807, 2.05) is 13.8 Å². The molecule has 0 fully saturated rings. The Morgan fingerprint density at radius 2 is 2.10 bits per heavy atom. The van der Waals surface area contributed by atoms with Crippen molar-refractivity contribution in [3.63, 3.8) is 0 Å². The number of rotatable bonds is 6. The molecule has 1 aromatic heterocycles. The maximum Gasteiger partial charge on any atom is 0.416 e. The highest BCUT2D eigenvalue weighted by atomic mass is 32.1. The van der Waals surface area contributed by atoms with Crippen molar-refractivity contribution in [2.24, 2.45) is 0 Å². The summed E-state index contributed by atoms with van der Waals surface area (Å²) in [6.07, 6.45) is -4.67. The molecule has 7 heteroatoms. The number of hydrogen-bond acceptors (Lipinski definition) is 3. The predicted molar refractivity (Wildman–Crippen MR) is 72.1 cm³/mol. The SMILES string of the molecule is CCCc1sc(C(=O)NCC(O)C(F)(F)F)cc1CC. The number of carbonyl (C=O) groups is 1. The summed E-state index contributed by atoms with van der Waals surface area (Å²) in [6.45, 7) is 3.17. The van der Waals surface area contributed by atoms with Crippen molar-refractivity contribution in [1.29, 1.82) is 0 Å². The first-order valence-corrected chi connectivity index (χ1v) is 7.25. The lowest BCUT2D eigenvalue weighted by Crippen LogP contribution is -2.40. The average Bonchev–Trinajstić information content (AvgIpc) is 2.78. The van der Waals surface area contributed by atoms with E-state index < -0.39 is 24.7 Å². The third-order valence-corrected chi connectivity index (χ3v) is 4.05. The van der Waals surface area contributed by atoms with E-state index in [1.165, 1.54) is 11.3 Å². The van der Waals surface area contributed by atoms with Crippen LogP contribution in [0.1, 0.15) is 40.4 Å². The lowest BCUT2D eigenvalue weighted by atomic mass is 10.1. The number of amides is 1. The highest BCUT2D eigenvalue weighted by Crippen LogP contribution is 2.25. The Morgan fingerprint density at radius 3 is 2.60 bits per heavy atom. The van der Waals surface area contributed by atoms with Crippen LogP contribution in [0.3, 0.4) is 0 Å². The van der Waals surface area contributed by atoms with Gasteiger partial charge in [0, 0.05) is 4.88 Å². The highest BCUT2D eigenvalue weighted by molar-refractivity contribution is 7.14. The first-order chi connectivity index (χ1) is 9.29. The summed E-state index contributed by atoms with van der Waals surface area (Å²) in [6, 6.07) is 1.71. The van der Waals surface area contributed by atoms with Crippen LogP contribution in [0.25, 0.3) is 0 Å². The van der Waals surface area contributed by atoms with E-state index in [0.29, 0.717) is 4.88 Å². The minimum atomic E-state index is -4.72. The van der Waals surface area contributed by atoms with E-state index in [0.717, 1.165) is 29.7 Å². The number of aliphatic hydroxyl groups is 1. The number of thiophene rings is 1. The van der Waals surface area contributed by atoms with Gasteiger partial charge in [-0.05, 0) is 24.5 Å². The summed E-state index contributed by atoms with van der Waals surface area (Å²) in [4.78, 5) is 13.3. The lowest BCUT2D eigenvalue weighted by Gasteiger charge is -2.14. The quantitative estimate of drug-likeness (QED) is 0.849. The maximum absolute atomic E-state index is 12.1. The second kappa shape index (κ2) is 7.08. The zero-order valence-corrected chi connectivity index (χ0v) is 12.2. The largest absolute Gasteiger partial charge is 0.416 e. The van der Waals surface area contributed by atoms with Crippen LogP contribution in [0.5, 0.6) is 0 Å². The molecule has 0 aliphatic carbocycles. The molecule has 0 saturated heterocycles. The van der Waals surface area contributed by atoms with Crippen molar-refractivity contribution in [2.45, 2.75) is 45.4 Å². The molecule has 1 aromatic rings. The normalized spacial score (nSPS) is 13.3. The van der Waals surface area contributed by atoms with Crippen molar-refractivity contribution < 1.29 is 23.1 Å². The van der Waals surface area contributed by atoms with Crippen LogP contribution in [-0.4, -0.2) is 29.8 Å². The lowest BCUT2D eigenvalue weighted by molar-refractivity contribution is -0.201. The minimum Gasteiger partial charge on any atom is -0.382 e. The van der Waals surface area contributed by atoms with Crippen LogP contribution in [0.15, 0.2) is 6.07 Å². The number of alkyl halides is 3. The molecule has 1 rings (SSSR count). The first kappa shape index (κ1) is 17.0. The van der Waals surface area contributed by atoms with Crippen LogP contribution in [0.2, 0.25) is 0 Å². The van der Waals surface area contributed by atoms with Gasteiger partial charge in [-0.15, -0.1) is 11.3 Å². The molecule has 0 aliphatic rings. The molecule has 3 nitrogen and oxygen atoms in total. The molecule has 1 unspecified atom stereocenters. The Kier molecular flexibility index (Phi) is 6.01. The van der Waals surface area contributed by atoms with Gasteiger partial charge in [-0.1, -0.05) is 20.3 Å². The van der Waals surface area contributed by atoms with E-state index >= 15 is 0 Å². The van der Waals surface area contributed by atoms with Crippen LogP contribution >= 0.6 is 11.3 Å². The van der Waals surface area contributed by atoms with Gasteiger partial charge in [-0.25, -0.2) is 0 Å². The molecule has 0 saturated carbocycles. The summed E-state index contributed by atoms with van der Waals surface area (Å²) < 4.78 is 36.4. The average molecular weight is 309 g/mol.